The molecule has 3 unspecified atom stereocenters. The molecule has 2 N–H and O–H groups in total. The Morgan fingerprint density at radius 3 is 2.32 bits per heavy atom. The Morgan fingerprint density at radius 1 is 1.27 bits per heavy atom. The van der Waals surface area contributed by atoms with Gasteiger partial charge < -0.3 is 10.6 Å². The van der Waals surface area contributed by atoms with Crippen LogP contribution in [0, 0.1) is 17.8 Å². The van der Waals surface area contributed by atoms with Gasteiger partial charge in [-0.05, 0) is 44.4 Å². The van der Waals surface area contributed by atoms with Crippen molar-refractivity contribution in [3.63, 3.8) is 0 Å². The quantitative estimate of drug-likeness (QED) is 0.827. The van der Waals surface area contributed by atoms with Crippen LogP contribution in [0.5, 0.6) is 0 Å². The Hall–Kier alpha value is -0.620. The van der Waals surface area contributed by atoms with E-state index in [0.717, 1.165) is 25.7 Å². The minimum absolute atomic E-state index is 0.0203. The maximum Gasteiger partial charge on any atom is 0.225 e. The predicted octanol–water partition coefficient (Wildman–Crippen LogP) is 1.42. The van der Waals surface area contributed by atoms with Crippen LogP contribution in [0.3, 0.4) is 0 Å². The highest BCUT2D eigenvalue weighted by molar-refractivity contribution is 7.91. The van der Waals surface area contributed by atoms with Crippen molar-refractivity contribution in [2.24, 2.45) is 23.5 Å². The molecule has 2 aliphatic rings. The summed E-state index contributed by atoms with van der Waals surface area (Å²) in [7, 11) is -1.33. The number of fused-ring (bicyclic) bond motifs is 2. The number of sulfone groups is 1. The van der Waals surface area contributed by atoms with E-state index in [4.69, 9.17) is 5.73 Å². The molecule has 2 bridgehead atoms. The van der Waals surface area contributed by atoms with E-state index in [1.165, 1.54) is 6.42 Å². The van der Waals surface area contributed by atoms with Crippen molar-refractivity contribution < 1.29 is 13.2 Å². The standard InChI is InChI=1S/C16H30N2O3S/c1-4-22(20,21)10-11(2)18(3)16(19)14-8-12-6-5-7-13(9-14)15(12)17/h11-15H,4-10,17H2,1-3H3. The SMILES string of the molecule is CCS(=O)(=O)CC(C)N(C)C(=O)C1CC2CCCC(C1)C2N. The van der Waals surface area contributed by atoms with E-state index in [2.05, 4.69) is 0 Å². The average Bonchev–Trinajstić information content (AvgIpc) is 2.45. The molecule has 0 radical (unpaired) electrons. The first-order valence-electron chi connectivity index (χ1n) is 8.47. The van der Waals surface area contributed by atoms with Gasteiger partial charge in [0.05, 0.1) is 5.75 Å². The molecule has 2 rings (SSSR count). The number of hydrogen-bond donors (Lipinski definition) is 1. The van der Waals surface area contributed by atoms with E-state index >= 15 is 0 Å². The molecular formula is C16H30N2O3S. The monoisotopic (exact) mass is 330 g/mol. The zero-order valence-corrected chi connectivity index (χ0v) is 14.8. The van der Waals surface area contributed by atoms with Crippen molar-refractivity contribution in [3.05, 3.63) is 0 Å². The summed E-state index contributed by atoms with van der Waals surface area (Å²) in [6.07, 6.45) is 5.23. The minimum Gasteiger partial charge on any atom is -0.342 e. The Morgan fingerprint density at radius 2 is 1.82 bits per heavy atom. The third-order valence-corrected chi connectivity index (χ3v) is 7.58. The number of nitrogens with two attached hydrogens (primary N) is 1. The molecule has 0 saturated heterocycles. The minimum atomic E-state index is -3.07. The molecule has 0 aliphatic heterocycles. The van der Waals surface area contributed by atoms with Crippen LogP contribution in [0.25, 0.3) is 0 Å². The first-order valence-corrected chi connectivity index (χ1v) is 10.3. The van der Waals surface area contributed by atoms with E-state index < -0.39 is 9.84 Å². The largest absolute Gasteiger partial charge is 0.342 e. The number of nitrogens with zero attached hydrogens (tertiary/aromatic N) is 1. The van der Waals surface area contributed by atoms with Crippen LogP contribution in [-0.4, -0.2) is 49.9 Å². The number of carbonyl (C=O) groups excluding carboxylic acids is 1. The zero-order valence-electron chi connectivity index (χ0n) is 14.0. The van der Waals surface area contributed by atoms with Crippen LogP contribution in [0.15, 0.2) is 0 Å². The van der Waals surface area contributed by atoms with Crippen LogP contribution in [0.1, 0.15) is 46.0 Å². The first kappa shape index (κ1) is 17.7. The second-order valence-electron chi connectivity index (χ2n) is 7.19. The highest BCUT2D eigenvalue weighted by atomic mass is 32.2. The molecule has 1 amide bonds. The molecule has 128 valence electrons. The van der Waals surface area contributed by atoms with Gasteiger partial charge in [-0.25, -0.2) is 8.42 Å². The number of amides is 1. The second-order valence-corrected chi connectivity index (χ2v) is 9.59. The van der Waals surface area contributed by atoms with E-state index in [-0.39, 0.29) is 35.4 Å². The summed E-state index contributed by atoms with van der Waals surface area (Å²) in [5.41, 5.74) is 6.28. The average molecular weight is 330 g/mol. The van der Waals surface area contributed by atoms with Crippen LogP contribution in [0.2, 0.25) is 0 Å². The van der Waals surface area contributed by atoms with Crippen molar-refractivity contribution in [1.82, 2.24) is 4.90 Å². The van der Waals surface area contributed by atoms with Gasteiger partial charge in [-0.1, -0.05) is 13.3 Å². The summed E-state index contributed by atoms with van der Waals surface area (Å²) < 4.78 is 23.5. The van der Waals surface area contributed by atoms with Gasteiger partial charge >= 0.3 is 0 Å². The molecule has 0 aromatic carbocycles. The molecule has 5 nitrogen and oxygen atoms in total. The molecule has 3 atom stereocenters. The van der Waals surface area contributed by atoms with Crippen molar-refractivity contribution >= 4 is 15.7 Å². The first-order chi connectivity index (χ1) is 10.2. The van der Waals surface area contributed by atoms with Crippen molar-refractivity contribution in [1.29, 1.82) is 0 Å². The summed E-state index contributed by atoms with van der Waals surface area (Å²) in [6, 6.07) is -0.0195. The Labute approximate surface area is 134 Å². The van der Waals surface area contributed by atoms with Gasteiger partial charge in [0, 0.05) is 30.8 Å². The fourth-order valence-electron chi connectivity index (χ4n) is 4.09. The molecule has 6 heteroatoms. The summed E-state index contributed by atoms with van der Waals surface area (Å²) in [6.45, 7) is 3.47. The molecule has 2 saturated carbocycles. The summed E-state index contributed by atoms with van der Waals surface area (Å²) >= 11 is 0. The smallest absolute Gasteiger partial charge is 0.225 e. The molecule has 0 aromatic heterocycles. The maximum absolute atomic E-state index is 12.7. The van der Waals surface area contributed by atoms with Crippen LogP contribution in [0.4, 0.5) is 0 Å². The third-order valence-electron chi connectivity index (χ3n) is 5.71. The molecule has 0 aromatic rings. The van der Waals surface area contributed by atoms with Gasteiger partial charge in [-0.2, -0.15) is 0 Å². The highest BCUT2D eigenvalue weighted by Gasteiger charge is 2.41. The molecular weight excluding hydrogens is 300 g/mol. The predicted molar refractivity (Wildman–Crippen MR) is 88.1 cm³/mol. The highest BCUT2D eigenvalue weighted by Crippen LogP contribution is 2.42. The summed E-state index contributed by atoms with van der Waals surface area (Å²) in [4.78, 5) is 14.4. The van der Waals surface area contributed by atoms with E-state index in [1.807, 2.05) is 6.92 Å². The summed E-state index contributed by atoms with van der Waals surface area (Å²) in [5.74, 6) is 1.22. The van der Waals surface area contributed by atoms with Gasteiger partial charge in [0.2, 0.25) is 5.91 Å². The molecule has 0 heterocycles. The van der Waals surface area contributed by atoms with Crippen LogP contribution in [-0.2, 0) is 14.6 Å². The number of hydrogen-bond acceptors (Lipinski definition) is 4. The molecule has 2 aliphatic carbocycles. The van der Waals surface area contributed by atoms with Crippen LogP contribution >= 0.6 is 0 Å². The van der Waals surface area contributed by atoms with Gasteiger partial charge in [0.1, 0.15) is 0 Å². The van der Waals surface area contributed by atoms with E-state index in [1.54, 1.807) is 18.9 Å². The van der Waals surface area contributed by atoms with Gasteiger partial charge in [0.25, 0.3) is 0 Å². The van der Waals surface area contributed by atoms with Crippen molar-refractivity contribution in [3.8, 4) is 0 Å². The van der Waals surface area contributed by atoms with Gasteiger partial charge in [-0.15, -0.1) is 0 Å². The van der Waals surface area contributed by atoms with Crippen molar-refractivity contribution in [2.45, 2.75) is 58.0 Å². The lowest BCUT2D eigenvalue weighted by atomic mass is 9.65. The third kappa shape index (κ3) is 3.82. The normalized spacial score (nSPS) is 33.3. The fourth-order valence-corrected chi connectivity index (χ4v) is 5.29. The maximum atomic E-state index is 12.7. The molecule has 0 spiro atoms. The molecule has 2 fully saturated rings. The van der Waals surface area contributed by atoms with Gasteiger partial charge in [-0.3, -0.25) is 4.79 Å². The Bertz CT molecular complexity index is 492. The van der Waals surface area contributed by atoms with Crippen molar-refractivity contribution in [2.75, 3.05) is 18.6 Å². The van der Waals surface area contributed by atoms with E-state index in [9.17, 15) is 13.2 Å². The fraction of sp³-hybridized carbons (Fsp3) is 0.938. The Balaban J connectivity index is 1.99. The second kappa shape index (κ2) is 6.87. The molecule has 22 heavy (non-hydrogen) atoms. The van der Waals surface area contributed by atoms with Gasteiger partial charge in [0.15, 0.2) is 9.84 Å². The lowest BCUT2D eigenvalue weighted by Crippen LogP contribution is -2.51. The number of rotatable bonds is 5. The van der Waals surface area contributed by atoms with Crippen LogP contribution < -0.4 is 5.73 Å². The van der Waals surface area contributed by atoms with E-state index in [0.29, 0.717) is 11.8 Å². The Kier molecular flexibility index (Phi) is 5.54. The lowest BCUT2D eigenvalue weighted by Gasteiger charge is -2.44. The zero-order chi connectivity index (χ0) is 16.5. The number of carbonyl (C=O) groups is 1. The topological polar surface area (TPSA) is 80.5 Å². The summed E-state index contributed by atoms with van der Waals surface area (Å²) in [5, 5.41) is 0. The lowest BCUT2D eigenvalue weighted by molar-refractivity contribution is -0.138.